The zero-order chi connectivity index (χ0) is 51.0. The molecule has 10 aromatic rings. The molecule has 0 radical (unpaired) electrons. The number of nitrogens with one attached hydrogen (secondary N) is 2. The minimum Gasteiger partial charge on any atom is -0.359 e. The Bertz CT molecular complexity index is 3390. The number of ketones is 1. The second kappa shape index (κ2) is 18.5. The minimum atomic E-state index is -4.72. The first kappa shape index (κ1) is 47.5. The fraction of sp³-hybridized carbons (Fsp3) is 0.340. The van der Waals surface area contributed by atoms with Gasteiger partial charge in [0.25, 0.3) is 0 Å². The highest BCUT2D eigenvalue weighted by atomic mass is 32.1. The second-order valence-corrected chi connectivity index (χ2v) is 20.2. The maximum atomic E-state index is 16.1. The number of H-pyrrole nitrogens is 2. The standard InChI is InChI=1S/C47H42F6N18OS2/c1-25-19-66(42-35(64-44(73-42)46(48,49)50)38-60-27-7-11-54-17-31(27)62-38)13-15-70(25)33(21-68-23-58-29-5-3-9-56-40(29)68)37(72)34(22-69-24-59-30-6-4-10-57-41(30)69)71-16-14-67(20-26(71)2)43-36(65-45(74-43)47(51,52)53)39-61-28-8-12-55-18-32(28)63-39/h3-12,17-18,23-26,33-34H,13-16,19-22H2,1-2H3,(H,60,62)(H,61,63)/t25-,26-,33?,34?/m1/s1. The summed E-state index contributed by atoms with van der Waals surface area (Å²) in [5.74, 6) is 0.189. The molecular formula is C47H42F6N18OS2. The number of fused-ring (bicyclic) bond motifs is 4. The number of hydrogen-bond donors (Lipinski definition) is 2. The molecule has 0 aromatic carbocycles. The molecule has 2 unspecified atom stereocenters. The number of imidazole rings is 4. The van der Waals surface area contributed by atoms with Gasteiger partial charge in [-0.05, 0) is 50.2 Å². The third kappa shape index (κ3) is 8.74. The summed E-state index contributed by atoms with van der Waals surface area (Å²) < 4.78 is 90.2. The van der Waals surface area contributed by atoms with E-state index in [-0.39, 0.29) is 91.2 Å². The number of halogens is 6. The van der Waals surface area contributed by atoms with E-state index in [1.54, 1.807) is 74.1 Å². The SMILES string of the molecule is C[C@@H]1CN(c2sc(C(F)(F)F)nc2-c2nc3ccncc3[nH]2)CCN1C(Cn1cnc2cccnc21)C(=O)C(Cn1cnc2cccnc21)N1CCN(c2sc(C(F)(F)F)nc2-c2nc3ccncc3[nH]2)C[C@H]1C. The van der Waals surface area contributed by atoms with Crippen molar-refractivity contribution in [3.63, 3.8) is 0 Å². The van der Waals surface area contributed by atoms with Crippen LogP contribution >= 0.6 is 22.7 Å². The number of aromatic amines is 2. The van der Waals surface area contributed by atoms with Crippen LogP contribution in [0.25, 0.3) is 67.4 Å². The normalized spacial score (nSPS) is 18.4. The number of carbonyl (C=O) groups is 1. The lowest BCUT2D eigenvalue weighted by Gasteiger charge is -2.47. The van der Waals surface area contributed by atoms with Gasteiger partial charge in [-0.2, -0.15) is 26.3 Å². The molecule has 19 nitrogen and oxygen atoms in total. The molecule has 10 aromatic heterocycles. The van der Waals surface area contributed by atoms with E-state index in [0.717, 1.165) is 0 Å². The van der Waals surface area contributed by atoms with E-state index in [9.17, 15) is 26.3 Å². The number of rotatable bonds is 12. The molecule has 0 bridgehead atoms. The smallest absolute Gasteiger partial charge is 0.359 e. The Morgan fingerprint density at radius 3 is 1.46 bits per heavy atom. The fourth-order valence-electron chi connectivity index (χ4n) is 10.2. The van der Waals surface area contributed by atoms with E-state index in [1.807, 2.05) is 44.9 Å². The Morgan fingerprint density at radius 2 is 1.05 bits per heavy atom. The summed E-state index contributed by atoms with van der Waals surface area (Å²) in [5.41, 5.74) is 4.65. The first-order valence-electron chi connectivity index (χ1n) is 23.5. The van der Waals surface area contributed by atoms with E-state index >= 15 is 4.79 Å². The third-order valence-electron chi connectivity index (χ3n) is 13.6. The van der Waals surface area contributed by atoms with E-state index in [2.05, 4.69) is 69.6 Å². The molecule has 12 heterocycles. The average Bonchev–Trinajstić information content (AvgIpc) is 4.26. The maximum absolute atomic E-state index is 16.1. The summed E-state index contributed by atoms with van der Waals surface area (Å²) in [4.78, 5) is 74.2. The third-order valence-corrected chi connectivity index (χ3v) is 15.9. The van der Waals surface area contributed by atoms with Crippen molar-refractivity contribution in [3.8, 4) is 23.0 Å². The van der Waals surface area contributed by atoms with Crippen molar-refractivity contribution in [2.45, 2.75) is 63.5 Å². The van der Waals surface area contributed by atoms with Crippen LogP contribution in [-0.2, 0) is 30.2 Å². The number of nitrogens with zero attached hydrogens (tertiary/aromatic N) is 16. The summed E-state index contributed by atoms with van der Waals surface area (Å²) >= 11 is 1.09. The summed E-state index contributed by atoms with van der Waals surface area (Å²) in [6, 6.07) is 8.04. The van der Waals surface area contributed by atoms with Gasteiger partial charge >= 0.3 is 12.4 Å². The van der Waals surface area contributed by atoms with Gasteiger partial charge in [0.1, 0.15) is 32.4 Å². The van der Waals surface area contributed by atoms with Crippen molar-refractivity contribution in [1.82, 2.24) is 78.7 Å². The lowest BCUT2D eigenvalue weighted by Crippen LogP contribution is -2.64. The summed E-state index contributed by atoms with van der Waals surface area (Å²) in [7, 11) is 0. The van der Waals surface area contributed by atoms with Gasteiger partial charge in [0, 0.05) is 89.2 Å². The number of carbonyl (C=O) groups excluding carboxylic acids is 1. The molecule has 0 spiro atoms. The van der Waals surface area contributed by atoms with Crippen molar-refractivity contribution in [1.29, 1.82) is 0 Å². The topological polar surface area (TPSA) is 200 Å². The van der Waals surface area contributed by atoms with Gasteiger partial charge in [0.15, 0.2) is 28.7 Å². The Kier molecular flexibility index (Phi) is 11.9. The van der Waals surface area contributed by atoms with Crippen LogP contribution < -0.4 is 9.80 Å². The first-order valence-corrected chi connectivity index (χ1v) is 25.1. The molecule has 2 N–H and O–H groups in total. The molecule has 380 valence electrons. The lowest BCUT2D eigenvalue weighted by molar-refractivity contribution is -0.138. The predicted molar refractivity (Wildman–Crippen MR) is 264 cm³/mol. The number of thiazole rings is 2. The molecule has 0 amide bonds. The molecule has 4 atom stereocenters. The van der Waals surface area contributed by atoms with Gasteiger partial charge in [0.2, 0.25) is 10.0 Å². The Labute approximate surface area is 423 Å². The van der Waals surface area contributed by atoms with E-state index in [1.165, 1.54) is 0 Å². The summed E-state index contributed by atoms with van der Waals surface area (Å²) in [6.07, 6.45) is 3.36. The Morgan fingerprint density at radius 1 is 0.608 bits per heavy atom. The minimum absolute atomic E-state index is 0.0621. The number of pyridine rings is 4. The summed E-state index contributed by atoms with van der Waals surface area (Å²) in [6.45, 7) is 5.60. The highest BCUT2D eigenvalue weighted by molar-refractivity contribution is 7.16. The van der Waals surface area contributed by atoms with Crippen LogP contribution in [0.1, 0.15) is 23.9 Å². The molecule has 2 aliphatic heterocycles. The zero-order valence-electron chi connectivity index (χ0n) is 39.2. The molecule has 2 fully saturated rings. The van der Waals surface area contributed by atoms with E-state index in [0.29, 0.717) is 67.1 Å². The molecule has 0 saturated carbocycles. The van der Waals surface area contributed by atoms with Crippen LogP contribution in [0.3, 0.4) is 0 Å². The number of hydrogen-bond acceptors (Lipinski definition) is 17. The van der Waals surface area contributed by atoms with Gasteiger partial charge in [-0.3, -0.25) is 24.6 Å². The van der Waals surface area contributed by atoms with Crippen LogP contribution in [0.4, 0.5) is 36.3 Å². The molecule has 12 rings (SSSR count). The van der Waals surface area contributed by atoms with Crippen LogP contribution in [0, 0.1) is 0 Å². The molecule has 2 aliphatic rings. The van der Waals surface area contributed by atoms with Crippen LogP contribution in [0.15, 0.2) is 86.2 Å². The zero-order valence-corrected chi connectivity index (χ0v) is 40.8. The van der Waals surface area contributed by atoms with Crippen molar-refractivity contribution in [3.05, 3.63) is 96.2 Å². The molecule has 2 saturated heterocycles. The van der Waals surface area contributed by atoms with Crippen LogP contribution in [0.5, 0.6) is 0 Å². The Balaban J connectivity index is 0.893. The fourth-order valence-corrected chi connectivity index (χ4v) is 12.1. The second-order valence-electron chi connectivity index (χ2n) is 18.3. The van der Waals surface area contributed by atoms with Crippen molar-refractivity contribution in [2.75, 3.05) is 49.1 Å². The quantitative estimate of drug-likeness (QED) is 0.114. The molecule has 27 heteroatoms. The van der Waals surface area contributed by atoms with Gasteiger partial charge in [0.05, 0.1) is 59.2 Å². The largest absolute Gasteiger partial charge is 0.443 e. The van der Waals surface area contributed by atoms with Crippen molar-refractivity contribution < 1.29 is 31.1 Å². The highest BCUT2D eigenvalue weighted by Crippen LogP contribution is 2.45. The molecule has 0 aliphatic carbocycles. The average molecular weight is 1050 g/mol. The van der Waals surface area contributed by atoms with E-state index < -0.39 is 46.5 Å². The lowest BCUT2D eigenvalue weighted by atomic mass is 9.96. The number of piperazine rings is 2. The van der Waals surface area contributed by atoms with Gasteiger partial charge in [-0.1, -0.05) is 22.7 Å². The van der Waals surface area contributed by atoms with E-state index in [4.69, 9.17) is 0 Å². The number of aromatic nitrogens is 14. The monoisotopic (exact) mass is 1050 g/mol. The maximum Gasteiger partial charge on any atom is 0.443 e. The van der Waals surface area contributed by atoms with Gasteiger partial charge in [-0.15, -0.1) is 0 Å². The predicted octanol–water partition coefficient (Wildman–Crippen LogP) is 7.43. The number of alkyl halides is 6. The molecular weight excluding hydrogens is 1010 g/mol. The van der Waals surface area contributed by atoms with Crippen LogP contribution in [-0.4, -0.2) is 148 Å². The molecule has 74 heavy (non-hydrogen) atoms. The Hall–Kier alpha value is -7.49. The van der Waals surface area contributed by atoms with Gasteiger partial charge in [-0.25, -0.2) is 39.9 Å². The summed E-state index contributed by atoms with van der Waals surface area (Å²) in [5, 5.41) is -1.45. The first-order chi connectivity index (χ1) is 35.6. The van der Waals surface area contributed by atoms with Crippen LogP contribution in [0.2, 0.25) is 0 Å². The number of anilines is 2. The van der Waals surface area contributed by atoms with Gasteiger partial charge < -0.3 is 28.9 Å². The highest BCUT2D eigenvalue weighted by Gasteiger charge is 2.45. The number of Topliss-reactive ketones (excluding diaryl/α,β-unsaturated/α-hetero) is 1. The van der Waals surface area contributed by atoms with Crippen molar-refractivity contribution in [2.24, 2.45) is 0 Å². The van der Waals surface area contributed by atoms with Crippen molar-refractivity contribution >= 4 is 82.9 Å².